The van der Waals surface area contributed by atoms with Crippen molar-refractivity contribution in [3.05, 3.63) is 29.8 Å². The van der Waals surface area contributed by atoms with Gasteiger partial charge in [-0.25, -0.2) is 0 Å². The molecule has 0 saturated heterocycles. The van der Waals surface area contributed by atoms with E-state index in [9.17, 15) is 22.6 Å². The van der Waals surface area contributed by atoms with Gasteiger partial charge in [-0.15, -0.1) is 24.8 Å². The highest BCUT2D eigenvalue weighted by Gasteiger charge is 2.34. The van der Waals surface area contributed by atoms with Crippen LogP contribution in [0.25, 0.3) is 0 Å². The lowest BCUT2D eigenvalue weighted by Crippen LogP contribution is -2.17. The molecule has 0 amide bonds. The molecule has 1 N–H and O–H groups in total. The van der Waals surface area contributed by atoms with Crippen LogP contribution in [0.4, 0.5) is 13.2 Å². The SMILES string of the molecule is CCC(C)OP(=O)(O)C(Cl)c1ccc(OC(F)(F)F)cc1. The van der Waals surface area contributed by atoms with E-state index in [4.69, 9.17) is 16.1 Å². The molecule has 0 aromatic heterocycles. The molecule has 0 aliphatic rings. The molecular formula is C12H15ClF3O4P. The Hall–Kier alpha value is -0.750. The van der Waals surface area contributed by atoms with E-state index in [1.165, 1.54) is 12.1 Å². The van der Waals surface area contributed by atoms with Crippen LogP contribution in [0.15, 0.2) is 24.3 Å². The summed E-state index contributed by atoms with van der Waals surface area (Å²) in [6.45, 7) is 3.39. The zero-order valence-corrected chi connectivity index (χ0v) is 13.0. The molecule has 0 spiro atoms. The summed E-state index contributed by atoms with van der Waals surface area (Å²) in [6, 6.07) is 4.39. The van der Waals surface area contributed by atoms with Crippen LogP contribution >= 0.6 is 19.2 Å². The second kappa shape index (κ2) is 7.01. The molecule has 3 atom stereocenters. The summed E-state index contributed by atoms with van der Waals surface area (Å²) in [4.78, 5) is 9.78. The van der Waals surface area contributed by atoms with Gasteiger partial charge in [-0.05, 0) is 31.0 Å². The van der Waals surface area contributed by atoms with E-state index in [1.54, 1.807) is 13.8 Å². The molecule has 1 aromatic carbocycles. The minimum Gasteiger partial charge on any atom is -0.406 e. The molecule has 1 rings (SSSR count). The molecular weight excluding hydrogens is 332 g/mol. The Bertz CT molecular complexity index is 506. The molecule has 3 unspecified atom stereocenters. The zero-order valence-electron chi connectivity index (χ0n) is 11.3. The second-order valence-electron chi connectivity index (χ2n) is 4.34. The van der Waals surface area contributed by atoms with E-state index in [-0.39, 0.29) is 5.56 Å². The fourth-order valence-corrected chi connectivity index (χ4v) is 3.01. The van der Waals surface area contributed by atoms with Crippen LogP contribution < -0.4 is 4.74 Å². The normalized spacial score (nSPS) is 17.9. The zero-order chi connectivity index (χ0) is 16.3. The highest BCUT2D eigenvalue weighted by Crippen LogP contribution is 2.59. The van der Waals surface area contributed by atoms with Gasteiger partial charge < -0.3 is 14.2 Å². The molecule has 1 aromatic rings. The molecule has 9 heteroatoms. The topological polar surface area (TPSA) is 55.8 Å². The average molecular weight is 347 g/mol. The van der Waals surface area contributed by atoms with Gasteiger partial charge >= 0.3 is 14.0 Å². The van der Waals surface area contributed by atoms with Crippen LogP contribution in [-0.2, 0) is 9.09 Å². The van der Waals surface area contributed by atoms with Gasteiger partial charge in [-0.3, -0.25) is 4.57 Å². The smallest absolute Gasteiger partial charge is 0.406 e. The monoisotopic (exact) mass is 346 g/mol. The number of benzene rings is 1. The van der Waals surface area contributed by atoms with Gasteiger partial charge in [-0.1, -0.05) is 19.1 Å². The number of hydrogen-bond acceptors (Lipinski definition) is 3. The third-order valence-corrected chi connectivity index (χ3v) is 5.11. The van der Waals surface area contributed by atoms with Crippen LogP contribution in [0, 0.1) is 0 Å². The van der Waals surface area contributed by atoms with Crippen molar-refractivity contribution in [1.29, 1.82) is 0 Å². The molecule has 0 aliphatic heterocycles. The van der Waals surface area contributed by atoms with Crippen molar-refractivity contribution >= 4 is 19.2 Å². The van der Waals surface area contributed by atoms with Crippen molar-refractivity contribution in [3.63, 3.8) is 0 Å². The summed E-state index contributed by atoms with van der Waals surface area (Å²) in [5.41, 5.74) is 0.167. The summed E-state index contributed by atoms with van der Waals surface area (Å²) in [7, 11) is -4.13. The summed E-state index contributed by atoms with van der Waals surface area (Å²) >= 11 is 5.88. The Labute approximate surface area is 125 Å². The van der Waals surface area contributed by atoms with E-state index in [2.05, 4.69) is 4.74 Å². The van der Waals surface area contributed by atoms with Crippen molar-refractivity contribution in [1.82, 2.24) is 0 Å². The maximum atomic E-state index is 12.0. The lowest BCUT2D eigenvalue weighted by Gasteiger charge is -2.21. The number of alkyl halides is 4. The van der Waals surface area contributed by atoms with Gasteiger partial charge in [0.1, 0.15) is 5.75 Å². The van der Waals surface area contributed by atoms with Crippen molar-refractivity contribution in [2.24, 2.45) is 0 Å². The molecule has 120 valence electrons. The number of ether oxygens (including phenoxy) is 1. The molecule has 0 heterocycles. The highest BCUT2D eigenvalue weighted by atomic mass is 35.5. The lowest BCUT2D eigenvalue weighted by molar-refractivity contribution is -0.274. The van der Waals surface area contributed by atoms with Gasteiger partial charge in [0.05, 0.1) is 6.10 Å². The highest BCUT2D eigenvalue weighted by molar-refractivity contribution is 7.55. The van der Waals surface area contributed by atoms with Crippen LogP contribution in [0.5, 0.6) is 5.75 Å². The van der Waals surface area contributed by atoms with E-state index < -0.39 is 30.9 Å². The van der Waals surface area contributed by atoms with Crippen molar-refractivity contribution in [3.8, 4) is 5.75 Å². The van der Waals surface area contributed by atoms with E-state index >= 15 is 0 Å². The maximum Gasteiger partial charge on any atom is 0.573 e. The largest absolute Gasteiger partial charge is 0.573 e. The Balaban J connectivity index is 2.83. The summed E-state index contributed by atoms with van der Waals surface area (Å²) in [5, 5.41) is -1.37. The van der Waals surface area contributed by atoms with Crippen LogP contribution in [0.2, 0.25) is 0 Å². The molecule has 0 aliphatic carbocycles. The first-order chi connectivity index (χ1) is 9.55. The Morgan fingerprint density at radius 3 is 2.29 bits per heavy atom. The third-order valence-electron chi connectivity index (χ3n) is 2.58. The molecule has 0 fully saturated rings. The van der Waals surface area contributed by atoms with Gasteiger partial charge in [0.2, 0.25) is 0 Å². The van der Waals surface area contributed by atoms with E-state index in [0.717, 1.165) is 12.1 Å². The van der Waals surface area contributed by atoms with Crippen molar-refractivity contribution in [2.45, 2.75) is 37.9 Å². The first kappa shape index (κ1) is 18.3. The minimum absolute atomic E-state index is 0.167. The Morgan fingerprint density at radius 1 is 1.33 bits per heavy atom. The maximum absolute atomic E-state index is 12.0. The number of rotatable bonds is 6. The number of hydrogen-bond donors (Lipinski definition) is 1. The molecule has 4 nitrogen and oxygen atoms in total. The lowest BCUT2D eigenvalue weighted by atomic mass is 10.2. The van der Waals surface area contributed by atoms with Gasteiger partial charge in [0, 0.05) is 0 Å². The van der Waals surface area contributed by atoms with Gasteiger partial charge in [0.15, 0.2) is 5.12 Å². The predicted molar refractivity (Wildman–Crippen MR) is 72.4 cm³/mol. The van der Waals surface area contributed by atoms with Gasteiger partial charge in [0.25, 0.3) is 0 Å². The van der Waals surface area contributed by atoms with Crippen molar-refractivity contribution < 1.29 is 31.9 Å². The first-order valence-corrected chi connectivity index (χ1v) is 8.14. The Morgan fingerprint density at radius 2 is 1.86 bits per heavy atom. The van der Waals surface area contributed by atoms with Crippen molar-refractivity contribution in [2.75, 3.05) is 0 Å². The number of halogens is 4. The van der Waals surface area contributed by atoms with E-state index in [1.807, 2.05) is 0 Å². The summed E-state index contributed by atoms with van der Waals surface area (Å²) in [6.07, 6.45) is -4.74. The van der Waals surface area contributed by atoms with Crippen LogP contribution in [0.3, 0.4) is 0 Å². The second-order valence-corrected chi connectivity index (χ2v) is 6.94. The quantitative estimate of drug-likeness (QED) is 0.592. The fraction of sp³-hybridized carbons (Fsp3) is 0.500. The third kappa shape index (κ3) is 5.87. The minimum atomic E-state index is -4.80. The molecule has 0 bridgehead atoms. The Kier molecular flexibility index (Phi) is 6.11. The molecule has 0 saturated carbocycles. The van der Waals surface area contributed by atoms with Crippen LogP contribution in [0.1, 0.15) is 30.9 Å². The molecule has 0 radical (unpaired) electrons. The summed E-state index contributed by atoms with van der Waals surface area (Å²) in [5.74, 6) is -0.439. The summed E-state index contributed by atoms with van der Waals surface area (Å²) < 4.78 is 56.7. The van der Waals surface area contributed by atoms with Gasteiger partial charge in [-0.2, -0.15) is 0 Å². The van der Waals surface area contributed by atoms with Crippen LogP contribution in [-0.4, -0.2) is 17.4 Å². The van der Waals surface area contributed by atoms with E-state index in [0.29, 0.717) is 6.42 Å². The first-order valence-electron chi connectivity index (χ1n) is 6.06. The molecule has 21 heavy (non-hydrogen) atoms. The average Bonchev–Trinajstić information content (AvgIpc) is 2.36. The fourth-order valence-electron chi connectivity index (χ4n) is 1.40. The standard InChI is InChI=1S/C12H15ClF3O4P/c1-3-8(2)20-21(17,18)11(13)9-4-6-10(7-5-9)19-12(14,15)16/h4-8,11H,3H2,1-2H3,(H,17,18). The predicted octanol–water partition coefficient (Wildman–Crippen LogP) is 4.82.